The molecule has 4 rings (SSSR count). The molecule has 2 amide bonds. The number of hydrogen-bond donors (Lipinski definition) is 1. The Morgan fingerprint density at radius 3 is 2.31 bits per heavy atom. The van der Waals surface area contributed by atoms with Crippen molar-refractivity contribution in [3.05, 3.63) is 96.1 Å². The molecule has 0 aromatic heterocycles. The Labute approximate surface area is 171 Å². The lowest BCUT2D eigenvalue weighted by Gasteiger charge is -2.26. The maximum Gasteiger partial charge on any atom is 0.227 e. The highest BCUT2D eigenvalue weighted by molar-refractivity contribution is 5.97. The van der Waals surface area contributed by atoms with Gasteiger partial charge in [-0.25, -0.2) is 0 Å². The smallest absolute Gasteiger partial charge is 0.227 e. The van der Waals surface area contributed by atoms with E-state index in [0.717, 1.165) is 22.5 Å². The van der Waals surface area contributed by atoms with Crippen LogP contribution < -0.4 is 10.2 Å². The SMILES string of the molecule is O=C1Nc2ccccc2CC1CCC(=O)N(Cc1ccccc1)c1ccccc1. The molecular weight excluding hydrogens is 360 g/mol. The van der Waals surface area contributed by atoms with Gasteiger partial charge in [-0.15, -0.1) is 0 Å². The number of nitrogens with one attached hydrogen (secondary N) is 1. The van der Waals surface area contributed by atoms with Crippen molar-refractivity contribution in [2.24, 2.45) is 5.92 Å². The molecule has 4 heteroatoms. The lowest BCUT2D eigenvalue weighted by Crippen LogP contribution is -2.33. The minimum absolute atomic E-state index is 0.00539. The molecule has 4 nitrogen and oxygen atoms in total. The lowest BCUT2D eigenvalue weighted by molar-refractivity contribution is -0.121. The Kier molecular flexibility index (Phi) is 5.71. The van der Waals surface area contributed by atoms with Crippen molar-refractivity contribution >= 4 is 23.2 Å². The summed E-state index contributed by atoms with van der Waals surface area (Å²) in [5.74, 6) is -0.138. The first-order valence-corrected chi connectivity index (χ1v) is 9.99. The molecule has 1 unspecified atom stereocenters. The van der Waals surface area contributed by atoms with Gasteiger partial charge in [-0.3, -0.25) is 9.59 Å². The first-order valence-electron chi connectivity index (χ1n) is 9.99. The van der Waals surface area contributed by atoms with Crippen molar-refractivity contribution in [3.63, 3.8) is 0 Å². The van der Waals surface area contributed by atoms with Crippen molar-refractivity contribution in [1.82, 2.24) is 0 Å². The summed E-state index contributed by atoms with van der Waals surface area (Å²) in [4.78, 5) is 27.4. The molecule has 0 fully saturated rings. The zero-order chi connectivity index (χ0) is 20.1. The van der Waals surface area contributed by atoms with Gasteiger partial charge in [0.1, 0.15) is 0 Å². The van der Waals surface area contributed by atoms with Crippen LogP contribution in [-0.4, -0.2) is 11.8 Å². The number of anilines is 2. The Hall–Kier alpha value is -3.40. The normalized spacial score (nSPS) is 15.3. The third-order valence-electron chi connectivity index (χ3n) is 5.37. The van der Waals surface area contributed by atoms with E-state index in [9.17, 15) is 9.59 Å². The van der Waals surface area contributed by atoms with Gasteiger partial charge in [0.15, 0.2) is 0 Å². The zero-order valence-electron chi connectivity index (χ0n) is 16.3. The van der Waals surface area contributed by atoms with Crippen LogP contribution in [0, 0.1) is 5.92 Å². The van der Waals surface area contributed by atoms with Crippen LogP contribution in [0.3, 0.4) is 0 Å². The first kappa shape index (κ1) is 18.9. The van der Waals surface area contributed by atoms with Crippen LogP contribution >= 0.6 is 0 Å². The molecular formula is C25H24N2O2. The summed E-state index contributed by atoms with van der Waals surface area (Å²) in [6, 6.07) is 27.5. The van der Waals surface area contributed by atoms with E-state index in [1.807, 2.05) is 89.8 Å². The van der Waals surface area contributed by atoms with Crippen molar-refractivity contribution in [2.75, 3.05) is 10.2 Å². The van der Waals surface area contributed by atoms with Crippen LogP contribution in [0.4, 0.5) is 11.4 Å². The number of benzene rings is 3. The van der Waals surface area contributed by atoms with E-state index < -0.39 is 0 Å². The van der Waals surface area contributed by atoms with E-state index in [2.05, 4.69) is 5.32 Å². The van der Waals surface area contributed by atoms with Gasteiger partial charge in [0.2, 0.25) is 11.8 Å². The maximum atomic E-state index is 13.1. The third kappa shape index (κ3) is 4.54. The Morgan fingerprint density at radius 1 is 0.897 bits per heavy atom. The first-order chi connectivity index (χ1) is 14.2. The Morgan fingerprint density at radius 2 is 1.55 bits per heavy atom. The molecule has 0 bridgehead atoms. The summed E-state index contributed by atoms with van der Waals surface area (Å²) in [7, 11) is 0. The molecule has 1 heterocycles. The van der Waals surface area contributed by atoms with Gasteiger partial charge >= 0.3 is 0 Å². The van der Waals surface area contributed by atoms with Gasteiger partial charge in [-0.1, -0.05) is 66.7 Å². The van der Waals surface area contributed by atoms with Crippen molar-refractivity contribution in [2.45, 2.75) is 25.8 Å². The maximum absolute atomic E-state index is 13.1. The quantitative estimate of drug-likeness (QED) is 0.663. The van der Waals surface area contributed by atoms with Gasteiger partial charge in [-0.05, 0) is 42.2 Å². The van der Waals surface area contributed by atoms with Crippen LogP contribution in [-0.2, 0) is 22.6 Å². The summed E-state index contributed by atoms with van der Waals surface area (Å²) < 4.78 is 0. The van der Waals surface area contributed by atoms with Crippen LogP contribution in [0.15, 0.2) is 84.9 Å². The molecule has 0 aliphatic carbocycles. The standard InChI is InChI=1S/C25H24N2O2/c28-24(16-15-21-17-20-11-7-8-14-23(20)26-25(21)29)27(22-12-5-2-6-13-22)18-19-9-3-1-4-10-19/h1-14,21H,15-18H2,(H,26,29). The molecule has 0 spiro atoms. The van der Waals surface area contributed by atoms with Crippen molar-refractivity contribution < 1.29 is 9.59 Å². The number of nitrogens with zero attached hydrogens (tertiary/aromatic N) is 1. The average Bonchev–Trinajstić information content (AvgIpc) is 2.77. The van der Waals surface area contributed by atoms with Gasteiger partial charge in [-0.2, -0.15) is 0 Å². The number of carbonyl (C=O) groups is 2. The van der Waals surface area contributed by atoms with E-state index in [4.69, 9.17) is 0 Å². The van der Waals surface area contributed by atoms with E-state index in [-0.39, 0.29) is 17.7 Å². The molecule has 146 valence electrons. The second-order valence-corrected chi connectivity index (χ2v) is 7.39. The second-order valence-electron chi connectivity index (χ2n) is 7.39. The molecule has 1 atom stereocenters. The molecule has 1 N–H and O–H groups in total. The molecule has 0 radical (unpaired) electrons. The highest BCUT2D eigenvalue weighted by Crippen LogP contribution is 2.28. The van der Waals surface area contributed by atoms with Gasteiger partial charge in [0.25, 0.3) is 0 Å². The molecule has 1 aliphatic rings. The predicted octanol–water partition coefficient (Wildman–Crippen LogP) is 4.81. The van der Waals surface area contributed by atoms with E-state index in [0.29, 0.717) is 25.8 Å². The topological polar surface area (TPSA) is 49.4 Å². The molecule has 29 heavy (non-hydrogen) atoms. The second kappa shape index (κ2) is 8.74. The van der Waals surface area contributed by atoms with E-state index in [1.165, 1.54) is 0 Å². The van der Waals surface area contributed by atoms with Gasteiger partial charge in [0.05, 0.1) is 6.54 Å². The predicted molar refractivity (Wildman–Crippen MR) is 116 cm³/mol. The highest BCUT2D eigenvalue weighted by Gasteiger charge is 2.27. The summed E-state index contributed by atoms with van der Waals surface area (Å²) in [6.45, 7) is 0.517. The summed E-state index contributed by atoms with van der Waals surface area (Å²) in [5, 5.41) is 2.97. The number of amides is 2. The largest absolute Gasteiger partial charge is 0.326 e. The van der Waals surface area contributed by atoms with Gasteiger partial charge in [0, 0.05) is 23.7 Å². The van der Waals surface area contributed by atoms with Crippen molar-refractivity contribution in [1.29, 1.82) is 0 Å². The van der Waals surface area contributed by atoms with Crippen LogP contribution in [0.1, 0.15) is 24.0 Å². The lowest BCUT2D eigenvalue weighted by atomic mass is 9.89. The van der Waals surface area contributed by atoms with Crippen LogP contribution in [0.2, 0.25) is 0 Å². The number of hydrogen-bond acceptors (Lipinski definition) is 2. The average molecular weight is 384 g/mol. The van der Waals surface area contributed by atoms with E-state index in [1.54, 1.807) is 0 Å². The van der Waals surface area contributed by atoms with Crippen molar-refractivity contribution in [3.8, 4) is 0 Å². The fourth-order valence-electron chi connectivity index (χ4n) is 3.78. The van der Waals surface area contributed by atoms with Gasteiger partial charge < -0.3 is 10.2 Å². The minimum atomic E-state index is -0.178. The number of para-hydroxylation sites is 2. The Bertz CT molecular complexity index is 986. The number of carbonyl (C=O) groups excluding carboxylic acids is 2. The molecule has 0 saturated heterocycles. The molecule has 1 aliphatic heterocycles. The molecule has 3 aromatic rings. The summed E-state index contributed by atoms with van der Waals surface area (Å²) >= 11 is 0. The zero-order valence-corrected chi connectivity index (χ0v) is 16.3. The summed E-state index contributed by atoms with van der Waals surface area (Å²) in [5.41, 5.74) is 3.97. The minimum Gasteiger partial charge on any atom is -0.326 e. The highest BCUT2D eigenvalue weighted by atomic mass is 16.2. The molecule has 3 aromatic carbocycles. The fourth-order valence-corrected chi connectivity index (χ4v) is 3.78. The number of fused-ring (bicyclic) bond motifs is 1. The summed E-state index contributed by atoms with van der Waals surface area (Å²) in [6.07, 6.45) is 1.55. The molecule has 0 saturated carbocycles. The third-order valence-corrected chi connectivity index (χ3v) is 5.37. The Balaban J connectivity index is 1.46. The monoisotopic (exact) mass is 384 g/mol. The van der Waals surface area contributed by atoms with E-state index >= 15 is 0 Å². The van der Waals surface area contributed by atoms with Crippen LogP contribution in [0.5, 0.6) is 0 Å². The fraction of sp³-hybridized carbons (Fsp3) is 0.200. The number of rotatable bonds is 6. The van der Waals surface area contributed by atoms with Crippen LogP contribution in [0.25, 0.3) is 0 Å².